The van der Waals surface area contributed by atoms with Crippen LogP contribution in [0.25, 0.3) is 0 Å². The molecule has 32 heavy (non-hydrogen) atoms. The second kappa shape index (κ2) is 9.38. The summed E-state index contributed by atoms with van der Waals surface area (Å²) in [5.74, 6) is 0.502. The first-order valence-electron chi connectivity index (χ1n) is 10.9. The fourth-order valence-corrected chi connectivity index (χ4v) is 5.27. The third kappa shape index (κ3) is 4.83. The molecule has 172 valence electrons. The number of carbonyl (C=O) groups is 1. The Morgan fingerprint density at radius 3 is 2.25 bits per heavy atom. The summed E-state index contributed by atoms with van der Waals surface area (Å²) in [6.45, 7) is 6.98. The average molecular weight is 460 g/mol. The van der Waals surface area contributed by atoms with Gasteiger partial charge >= 0.3 is 0 Å². The molecule has 0 aromatic heterocycles. The number of nitrogens with one attached hydrogen (secondary N) is 1. The number of hydrogen-bond donors (Lipinski definition) is 1. The molecule has 1 saturated heterocycles. The Morgan fingerprint density at radius 1 is 0.938 bits per heavy atom. The van der Waals surface area contributed by atoms with E-state index in [-0.39, 0.29) is 16.7 Å². The summed E-state index contributed by atoms with van der Waals surface area (Å²) >= 11 is 0. The Hall–Kier alpha value is -2.78. The van der Waals surface area contributed by atoms with Gasteiger partial charge in [-0.05, 0) is 30.2 Å². The van der Waals surface area contributed by atoms with E-state index in [1.54, 1.807) is 11.0 Å². The third-order valence-electron chi connectivity index (χ3n) is 5.75. The van der Waals surface area contributed by atoms with Gasteiger partial charge in [-0.25, -0.2) is 8.42 Å². The van der Waals surface area contributed by atoms with Crippen LogP contribution >= 0.6 is 0 Å². The Balaban J connectivity index is 1.45. The van der Waals surface area contributed by atoms with E-state index in [0.29, 0.717) is 50.9 Å². The smallest absolute Gasteiger partial charge is 0.241 e. The van der Waals surface area contributed by atoms with E-state index in [4.69, 9.17) is 9.47 Å². The molecule has 2 heterocycles. The highest BCUT2D eigenvalue weighted by molar-refractivity contribution is 7.89. The summed E-state index contributed by atoms with van der Waals surface area (Å²) in [6.07, 6.45) is 0. The van der Waals surface area contributed by atoms with Gasteiger partial charge in [-0.2, -0.15) is 4.72 Å². The van der Waals surface area contributed by atoms with Crippen LogP contribution in [-0.4, -0.2) is 64.7 Å². The molecule has 1 fully saturated rings. The van der Waals surface area contributed by atoms with Crippen molar-refractivity contribution in [2.24, 2.45) is 5.92 Å². The van der Waals surface area contributed by atoms with Crippen molar-refractivity contribution in [3.8, 4) is 11.5 Å². The maximum atomic E-state index is 13.3. The Kier molecular flexibility index (Phi) is 6.57. The highest BCUT2D eigenvalue weighted by Gasteiger charge is 2.33. The highest BCUT2D eigenvalue weighted by Crippen LogP contribution is 2.32. The van der Waals surface area contributed by atoms with Gasteiger partial charge in [-0.1, -0.05) is 32.0 Å². The van der Waals surface area contributed by atoms with Crippen molar-refractivity contribution in [2.45, 2.75) is 24.8 Å². The largest absolute Gasteiger partial charge is 0.486 e. The second-order valence-corrected chi connectivity index (χ2v) is 10.0. The molecule has 1 unspecified atom stereocenters. The normalized spacial score (nSPS) is 17.3. The number of rotatable bonds is 6. The molecule has 1 N–H and O–H groups in total. The number of fused-ring (bicyclic) bond motifs is 1. The Morgan fingerprint density at radius 2 is 1.59 bits per heavy atom. The summed E-state index contributed by atoms with van der Waals surface area (Å²) in [7, 11) is -3.92. The van der Waals surface area contributed by atoms with E-state index in [2.05, 4.69) is 21.8 Å². The summed E-state index contributed by atoms with van der Waals surface area (Å²) < 4.78 is 39.7. The lowest BCUT2D eigenvalue weighted by Crippen LogP contribution is -2.56. The zero-order valence-corrected chi connectivity index (χ0v) is 19.2. The molecule has 4 rings (SSSR count). The predicted octanol–water partition coefficient (Wildman–Crippen LogP) is 2.11. The summed E-state index contributed by atoms with van der Waals surface area (Å²) in [4.78, 5) is 17.3. The topological polar surface area (TPSA) is 88.2 Å². The van der Waals surface area contributed by atoms with Crippen LogP contribution in [0.1, 0.15) is 13.8 Å². The van der Waals surface area contributed by atoms with E-state index >= 15 is 0 Å². The molecule has 2 aromatic rings. The quantitative estimate of drug-likeness (QED) is 0.712. The number of piperazine rings is 1. The van der Waals surface area contributed by atoms with E-state index in [1.807, 2.05) is 32.0 Å². The van der Waals surface area contributed by atoms with Gasteiger partial charge in [0.05, 0.1) is 4.90 Å². The van der Waals surface area contributed by atoms with Crippen LogP contribution in [0.15, 0.2) is 53.4 Å². The van der Waals surface area contributed by atoms with Crippen LogP contribution in [0.5, 0.6) is 11.5 Å². The van der Waals surface area contributed by atoms with E-state index in [0.717, 1.165) is 5.69 Å². The molecular formula is C23H29N3O5S. The average Bonchev–Trinajstić information content (AvgIpc) is 2.82. The highest BCUT2D eigenvalue weighted by atomic mass is 32.2. The maximum absolute atomic E-state index is 13.3. The van der Waals surface area contributed by atoms with Crippen LogP contribution in [0, 0.1) is 5.92 Å². The molecule has 0 radical (unpaired) electrons. The lowest BCUT2D eigenvalue weighted by atomic mass is 10.0. The van der Waals surface area contributed by atoms with E-state index in [1.165, 1.54) is 12.1 Å². The zero-order chi connectivity index (χ0) is 22.7. The maximum Gasteiger partial charge on any atom is 0.241 e. The SMILES string of the molecule is CC(C)C(NS(=O)(=O)c1ccc2c(c1)OCCO2)C(=O)N1CCN(c2ccccc2)CC1. The fourth-order valence-electron chi connectivity index (χ4n) is 3.92. The number of amides is 1. The number of ether oxygens (including phenoxy) is 2. The van der Waals surface area contributed by atoms with Gasteiger partial charge in [0, 0.05) is 37.9 Å². The lowest BCUT2D eigenvalue weighted by Gasteiger charge is -2.38. The molecule has 9 heteroatoms. The van der Waals surface area contributed by atoms with E-state index < -0.39 is 16.1 Å². The first-order valence-corrected chi connectivity index (χ1v) is 12.3. The number of para-hydroxylation sites is 1. The minimum atomic E-state index is -3.92. The zero-order valence-electron chi connectivity index (χ0n) is 18.4. The predicted molar refractivity (Wildman–Crippen MR) is 122 cm³/mol. The van der Waals surface area contributed by atoms with Crippen molar-refractivity contribution in [2.75, 3.05) is 44.3 Å². The van der Waals surface area contributed by atoms with Gasteiger partial charge in [-0.15, -0.1) is 0 Å². The van der Waals surface area contributed by atoms with Gasteiger partial charge in [-0.3, -0.25) is 4.79 Å². The van der Waals surface area contributed by atoms with Gasteiger partial charge in [0.2, 0.25) is 15.9 Å². The molecule has 1 amide bonds. The first-order chi connectivity index (χ1) is 15.3. The van der Waals surface area contributed by atoms with Crippen molar-refractivity contribution in [3.05, 3.63) is 48.5 Å². The second-order valence-electron chi connectivity index (χ2n) is 8.30. The van der Waals surface area contributed by atoms with Gasteiger partial charge < -0.3 is 19.3 Å². The molecule has 0 spiro atoms. The molecule has 0 aliphatic carbocycles. The number of benzene rings is 2. The standard InChI is InChI=1S/C23H29N3O5S/c1-17(2)22(23(27)26-12-10-25(11-13-26)18-6-4-3-5-7-18)24-32(28,29)19-8-9-20-21(16-19)31-15-14-30-20/h3-9,16-17,22,24H,10-15H2,1-2H3. The molecule has 1 atom stereocenters. The lowest BCUT2D eigenvalue weighted by molar-refractivity contribution is -0.134. The first kappa shape index (κ1) is 22.4. The number of sulfonamides is 1. The van der Waals surface area contributed by atoms with Crippen molar-refractivity contribution >= 4 is 21.6 Å². The van der Waals surface area contributed by atoms with Crippen molar-refractivity contribution < 1.29 is 22.7 Å². The molecular weight excluding hydrogens is 430 g/mol. The molecule has 0 bridgehead atoms. The van der Waals surface area contributed by atoms with Crippen LogP contribution < -0.4 is 19.1 Å². The fraction of sp³-hybridized carbons (Fsp3) is 0.435. The van der Waals surface area contributed by atoms with Crippen LogP contribution in [0.2, 0.25) is 0 Å². The third-order valence-corrected chi connectivity index (χ3v) is 7.19. The molecule has 0 saturated carbocycles. The van der Waals surface area contributed by atoms with Gasteiger partial charge in [0.15, 0.2) is 11.5 Å². The van der Waals surface area contributed by atoms with Crippen molar-refractivity contribution in [3.63, 3.8) is 0 Å². The van der Waals surface area contributed by atoms with Crippen LogP contribution in [0.4, 0.5) is 5.69 Å². The number of carbonyl (C=O) groups excluding carboxylic acids is 1. The minimum absolute atomic E-state index is 0.0501. The molecule has 2 aliphatic heterocycles. The van der Waals surface area contributed by atoms with Crippen molar-refractivity contribution in [1.29, 1.82) is 0 Å². The number of nitrogens with zero attached hydrogens (tertiary/aromatic N) is 2. The Bertz CT molecular complexity index is 1050. The van der Waals surface area contributed by atoms with Crippen molar-refractivity contribution in [1.82, 2.24) is 9.62 Å². The summed E-state index contributed by atoms with van der Waals surface area (Å²) in [6, 6.07) is 13.7. The van der Waals surface area contributed by atoms with Crippen LogP contribution in [0.3, 0.4) is 0 Å². The van der Waals surface area contributed by atoms with Gasteiger partial charge in [0.25, 0.3) is 0 Å². The number of anilines is 1. The Labute approximate surface area is 189 Å². The molecule has 8 nitrogen and oxygen atoms in total. The monoisotopic (exact) mass is 459 g/mol. The molecule has 2 aliphatic rings. The minimum Gasteiger partial charge on any atom is -0.486 e. The van der Waals surface area contributed by atoms with Crippen LogP contribution in [-0.2, 0) is 14.8 Å². The van der Waals surface area contributed by atoms with E-state index in [9.17, 15) is 13.2 Å². The molecule has 2 aromatic carbocycles. The summed E-state index contributed by atoms with van der Waals surface area (Å²) in [5.41, 5.74) is 1.12. The number of hydrogen-bond acceptors (Lipinski definition) is 6. The summed E-state index contributed by atoms with van der Waals surface area (Å²) in [5, 5.41) is 0. The van der Waals surface area contributed by atoms with Gasteiger partial charge in [0.1, 0.15) is 19.3 Å².